The molecule has 1 aromatic rings. The van der Waals surface area contributed by atoms with Gasteiger partial charge in [0.25, 0.3) is 0 Å². The number of benzene rings is 1. The topological polar surface area (TPSA) is 0 Å². The molecule has 3 atom stereocenters. The van der Waals surface area contributed by atoms with Crippen LogP contribution >= 0.6 is 0 Å². The van der Waals surface area contributed by atoms with Crippen LogP contribution in [0.4, 0.5) is 0 Å². The van der Waals surface area contributed by atoms with Crippen molar-refractivity contribution in [1.29, 1.82) is 0 Å². The van der Waals surface area contributed by atoms with Gasteiger partial charge in [-0.1, -0.05) is 0 Å². The molecule has 3 unspecified atom stereocenters. The largest absolute Gasteiger partial charge is 1.00 e. The average Bonchev–Trinajstić information content (AvgIpc) is 3.27. The van der Waals surface area contributed by atoms with E-state index in [1.165, 1.54) is 50.5 Å². The number of rotatable bonds is 7. The van der Waals surface area contributed by atoms with Crippen molar-refractivity contribution in [2.24, 2.45) is 5.92 Å². The molecular weight excluding hydrogens is 510 g/mol. The van der Waals surface area contributed by atoms with Crippen molar-refractivity contribution >= 4 is 0 Å². The Morgan fingerprint density at radius 3 is 2.19 bits per heavy atom. The zero-order valence-electron chi connectivity index (χ0n) is 20.4. The van der Waals surface area contributed by atoms with E-state index in [4.69, 9.17) is 0 Å². The van der Waals surface area contributed by atoms with Gasteiger partial charge in [0, 0.05) is 0 Å². The van der Waals surface area contributed by atoms with Gasteiger partial charge in [-0.25, -0.2) is 0 Å². The van der Waals surface area contributed by atoms with Crippen molar-refractivity contribution in [2.45, 2.75) is 89.1 Å². The van der Waals surface area contributed by atoms with Gasteiger partial charge in [0.05, 0.1) is 0 Å². The second kappa shape index (κ2) is 12.4. The Morgan fingerprint density at radius 2 is 1.59 bits per heavy atom. The third-order valence-electron chi connectivity index (χ3n) is 7.72. The minimum atomic E-state index is -0.697. The summed E-state index contributed by atoms with van der Waals surface area (Å²) in [5.74, 6) is 1.41. The molecule has 0 saturated heterocycles. The normalized spacial score (nSPS) is 24.7. The van der Waals surface area contributed by atoms with E-state index in [-0.39, 0.29) is 24.8 Å². The summed E-state index contributed by atoms with van der Waals surface area (Å²) in [7, 11) is 0. The summed E-state index contributed by atoms with van der Waals surface area (Å²) in [6, 6.07) is 11.3. The Morgan fingerprint density at radius 1 is 0.906 bits per heavy atom. The molecule has 0 aromatic heterocycles. The van der Waals surface area contributed by atoms with Crippen molar-refractivity contribution in [2.75, 3.05) is 0 Å². The minimum absolute atomic E-state index is 0. The van der Waals surface area contributed by atoms with Crippen LogP contribution in [-0.2, 0) is 23.2 Å². The van der Waals surface area contributed by atoms with Gasteiger partial charge in [0.2, 0.25) is 0 Å². The van der Waals surface area contributed by atoms with Gasteiger partial charge in [-0.05, 0) is 0 Å². The summed E-state index contributed by atoms with van der Waals surface area (Å²) in [6.07, 6.45) is 11.7. The van der Waals surface area contributed by atoms with Crippen LogP contribution in [0.5, 0.6) is 0 Å². The number of hydrogen-bond acceptors (Lipinski definition) is 0. The molecule has 1 aromatic carbocycles. The summed E-state index contributed by atoms with van der Waals surface area (Å²) in [5, 5.41) is 0. The molecule has 3 aliphatic carbocycles. The molecule has 0 radical (unpaired) electrons. The molecular formula is C29H38Cl2Zr. The van der Waals surface area contributed by atoms with Crippen LogP contribution in [-0.4, -0.2) is 0 Å². The maximum Gasteiger partial charge on any atom is -1.00 e. The van der Waals surface area contributed by atoms with Crippen LogP contribution in [0.2, 0.25) is 3.63 Å². The third-order valence-corrected chi connectivity index (χ3v) is 12.8. The SMILES string of the molecule is CCC1=C(CC)C(CC)[C]([Zr+2][CH]2C(C)=CC3=C2CCCC3c2ccccc2)=C1CC.[Cl-].[Cl-]. The van der Waals surface area contributed by atoms with Crippen LogP contribution in [0, 0.1) is 5.92 Å². The van der Waals surface area contributed by atoms with Crippen molar-refractivity contribution in [3.05, 3.63) is 78.7 Å². The Hall–Kier alpha value is -0.357. The zero-order chi connectivity index (χ0) is 21.3. The predicted octanol–water partition coefficient (Wildman–Crippen LogP) is 2.91. The van der Waals surface area contributed by atoms with E-state index in [9.17, 15) is 0 Å². The van der Waals surface area contributed by atoms with Gasteiger partial charge in [-0.15, -0.1) is 0 Å². The fraction of sp³-hybridized carbons (Fsp3) is 0.517. The molecule has 0 heterocycles. The van der Waals surface area contributed by atoms with E-state index in [0.29, 0.717) is 5.92 Å². The average molecular weight is 549 g/mol. The Labute approximate surface area is 220 Å². The zero-order valence-corrected chi connectivity index (χ0v) is 24.4. The summed E-state index contributed by atoms with van der Waals surface area (Å²) in [6.45, 7) is 12.1. The fourth-order valence-corrected chi connectivity index (χ4v) is 11.8. The van der Waals surface area contributed by atoms with Gasteiger partial charge in [0.15, 0.2) is 0 Å². The number of hydrogen-bond donors (Lipinski definition) is 0. The molecule has 0 saturated carbocycles. The van der Waals surface area contributed by atoms with E-state index in [2.05, 4.69) is 71.0 Å². The van der Waals surface area contributed by atoms with Gasteiger partial charge in [-0.2, -0.15) is 0 Å². The maximum absolute atomic E-state index is 2.62. The first-order valence-electron chi connectivity index (χ1n) is 12.3. The quantitative estimate of drug-likeness (QED) is 0.492. The second-order valence-electron chi connectivity index (χ2n) is 9.22. The van der Waals surface area contributed by atoms with Crippen LogP contribution in [0.25, 0.3) is 0 Å². The van der Waals surface area contributed by atoms with E-state index in [1.54, 1.807) is 27.9 Å². The number of halogens is 2. The van der Waals surface area contributed by atoms with Gasteiger partial charge >= 0.3 is 197 Å². The number of allylic oxidation sites excluding steroid dienone is 8. The van der Waals surface area contributed by atoms with Crippen molar-refractivity contribution < 1.29 is 48.0 Å². The summed E-state index contributed by atoms with van der Waals surface area (Å²) < 4.78 is 2.78. The molecule has 0 N–H and O–H groups in total. The molecule has 32 heavy (non-hydrogen) atoms. The second-order valence-corrected chi connectivity index (χ2v) is 12.7. The van der Waals surface area contributed by atoms with Gasteiger partial charge in [-0.3, -0.25) is 0 Å². The summed E-state index contributed by atoms with van der Waals surface area (Å²) in [5.41, 5.74) is 12.1. The Kier molecular flexibility index (Phi) is 10.8. The molecule has 172 valence electrons. The molecule has 0 nitrogen and oxygen atoms in total. The van der Waals surface area contributed by atoms with E-state index in [0.717, 1.165) is 9.54 Å². The van der Waals surface area contributed by atoms with Gasteiger partial charge in [0.1, 0.15) is 0 Å². The predicted molar refractivity (Wildman–Crippen MR) is 126 cm³/mol. The standard InChI is InChI=1S/C16H17.C13H21.2ClH.Zr/c1-12-10-14-8-5-9-15(16(14)11-12)13-6-3-2-4-7-13;1-5-10-9-11(6-2)13(8-4)12(10)7-3;;;/h2-4,6-7,10-11,15H,5,8-9H2,1H3;10H,5-8H2,1-4H3;2*1H;/q;;;;+2/p-2. The van der Waals surface area contributed by atoms with Crippen molar-refractivity contribution in [3.63, 3.8) is 0 Å². The molecule has 0 fully saturated rings. The monoisotopic (exact) mass is 546 g/mol. The van der Waals surface area contributed by atoms with Crippen LogP contribution in [0.3, 0.4) is 0 Å². The molecule has 0 aliphatic heterocycles. The smallest absolute Gasteiger partial charge is 1.00 e. The molecule has 3 aliphatic rings. The first-order chi connectivity index (χ1) is 14.6. The van der Waals surface area contributed by atoms with Gasteiger partial charge < -0.3 is 24.8 Å². The molecule has 4 rings (SSSR count). The van der Waals surface area contributed by atoms with E-state index < -0.39 is 23.2 Å². The van der Waals surface area contributed by atoms with Crippen molar-refractivity contribution in [1.82, 2.24) is 0 Å². The summed E-state index contributed by atoms with van der Waals surface area (Å²) in [4.78, 5) is 0. The first-order valence-corrected chi connectivity index (χ1v) is 15.0. The van der Waals surface area contributed by atoms with Crippen molar-refractivity contribution in [3.8, 4) is 0 Å². The van der Waals surface area contributed by atoms with Crippen LogP contribution in [0.15, 0.2) is 73.1 Å². The van der Waals surface area contributed by atoms with Crippen LogP contribution in [0.1, 0.15) is 91.0 Å². The fourth-order valence-electron chi connectivity index (χ4n) is 6.41. The molecule has 0 bridgehead atoms. The molecule has 3 heteroatoms. The van der Waals surface area contributed by atoms with E-state index >= 15 is 0 Å². The molecule has 0 spiro atoms. The molecule has 0 amide bonds. The first kappa shape index (κ1) is 27.9. The minimum Gasteiger partial charge on any atom is -1.00 e. The van der Waals surface area contributed by atoms with Crippen LogP contribution < -0.4 is 24.8 Å². The Bertz CT molecular complexity index is 920. The third kappa shape index (κ3) is 5.01. The van der Waals surface area contributed by atoms with E-state index in [1.807, 2.05) is 8.85 Å². The maximum atomic E-state index is 2.62. The summed E-state index contributed by atoms with van der Waals surface area (Å²) >= 11 is -0.697. The Balaban J connectivity index is 0.00000181.